The van der Waals surface area contributed by atoms with Gasteiger partial charge in [0.2, 0.25) is 0 Å². The van der Waals surface area contributed by atoms with E-state index in [4.69, 9.17) is 0 Å². The lowest BCUT2D eigenvalue weighted by atomic mass is 9.72. The van der Waals surface area contributed by atoms with Crippen LogP contribution in [0.25, 0.3) is 0 Å². The minimum absolute atomic E-state index is 0.535. The second-order valence-electron chi connectivity index (χ2n) is 6.34. The van der Waals surface area contributed by atoms with Crippen molar-refractivity contribution in [2.45, 2.75) is 66.2 Å². The van der Waals surface area contributed by atoms with Crippen LogP contribution < -0.4 is 0 Å². The third-order valence-corrected chi connectivity index (χ3v) is 5.09. The van der Waals surface area contributed by atoms with Crippen LogP contribution in [0, 0.1) is 17.3 Å². The molecule has 0 saturated heterocycles. The molecule has 0 radical (unpaired) electrons. The summed E-state index contributed by atoms with van der Waals surface area (Å²) in [7, 11) is 0. The van der Waals surface area contributed by atoms with Crippen LogP contribution in [0.4, 0.5) is 0 Å². The Hall–Kier alpha value is -0.520. The summed E-state index contributed by atoms with van der Waals surface area (Å²) in [6.07, 6.45) is 13.0. The van der Waals surface area contributed by atoms with E-state index < -0.39 is 0 Å². The van der Waals surface area contributed by atoms with E-state index in [2.05, 4.69) is 39.8 Å². The average molecular weight is 232 g/mol. The monoisotopic (exact) mass is 232 g/mol. The molecule has 2 aliphatic carbocycles. The van der Waals surface area contributed by atoms with Gasteiger partial charge in [-0.2, -0.15) is 0 Å². The van der Waals surface area contributed by atoms with E-state index in [-0.39, 0.29) is 0 Å². The summed E-state index contributed by atoms with van der Waals surface area (Å²) in [4.78, 5) is 0. The summed E-state index contributed by atoms with van der Waals surface area (Å²) in [6.45, 7) is 9.52. The first kappa shape index (κ1) is 12.9. The molecule has 0 bridgehead atoms. The van der Waals surface area contributed by atoms with E-state index in [1.165, 1.54) is 38.5 Å². The van der Waals surface area contributed by atoms with Gasteiger partial charge in [0.25, 0.3) is 0 Å². The summed E-state index contributed by atoms with van der Waals surface area (Å²) < 4.78 is 0. The molecule has 0 saturated carbocycles. The van der Waals surface area contributed by atoms with Crippen LogP contribution in [0.3, 0.4) is 0 Å². The van der Waals surface area contributed by atoms with Crippen molar-refractivity contribution in [2.75, 3.05) is 0 Å². The molecule has 0 fully saturated rings. The van der Waals surface area contributed by atoms with Crippen molar-refractivity contribution in [3.63, 3.8) is 0 Å². The predicted octanol–water partition coefficient (Wildman–Crippen LogP) is 5.51. The molecule has 0 spiro atoms. The first-order valence-corrected chi connectivity index (χ1v) is 7.54. The van der Waals surface area contributed by atoms with Gasteiger partial charge in [0.15, 0.2) is 0 Å². The summed E-state index contributed by atoms with van der Waals surface area (Å²) in [5.41, 5.74) is 4.07. The molecule has 0 N–H and O–H groups in total. The van der Waals surface area contributed by atoms with Crippen molar-refractivity contribution < 1.29 is 0 Å². The minimum atomic E-state index is 0.535. The summed E-state index contributed by atoms with van der Waals surface area (Å²) >= 11 is 0. The number of hydrogen-bond acceptors (Lipinski definition) is 0. The molecular weight excluding hydrogens is 204 g/mol. The summed E-state index contributed by atoms with van der Waals surface area (Å²) in [5.74, 6) is 1.67. The van der Waals surface area contributed by atoms with Gasteiger partial charge in [0.05, 0.1) is 0 Å². The van der Waals surface area contributed by atoms with E-state index in [1.807, 2.05) is 0 Å². The fraction of sp³-hybridized carbons (Fsp3) is 0.765. The maximum atomic E-state index is 2.46. The molecule has 0 heterocycles. The van der Waals surface area contributed by atoms with Gasteiger partial charge in [-0.1, -0.05) is 58.3 Å². The van der Waals surface area contributed by atoms with Gasteiger partial charge in [0.1, 0.15) is 0 Å². The first-order chi connectivity index (χ1) is 8.14. The zero-order chi connectivity index (χ0) is 12.5. The molecule has 17 heavy (non-hydrogen) atoms. The molecule has 2 aliphatic rings. The molecule has 0 amide bonds. The highest BCUT2D eigenvalue weighted by atomic mass is 14.5. The molecule has 0 aromatic carbocycles. The molecule has 96 valence electrons. The van der Waals surface area contributed by atoms with Gasteiger partial charge in [0, 0.05) is 0 Å². The Balaban J connectivity index is 2.26. The van der Waals surface area contributed by atoms with Gasteiger partial charge in [-0.25, -0.2) is 0 Å². The Bertz CT molecular complexity index is 332. The number of allylic oxidation sites excluding steroid dienone is 4. The van der Waals surface area contributed by atoms with Crippen molar-refractivity contribution in [3.8, 4) is 0 Å². The van der Waals surface area contributed by atoms with Gasteiger partial charge in [-0.15, -0.1) is 0 Å². The van der Waals surface area contributed by atoms with Crippen LogP contribution in [0.5, 0.6) is 0 Å². The average Bonchev–Trinajstić information content (AvgIpc) is 2.87. The molecular formula is C17H28. The Morgan fingerprint density at radius 2 is 2.12 bits per heavy atom. The molecule has 0 aliphatic heterocycles. The van der Waals surface area contributed by atoms with Crippen molar-refractivity contribution in [3.05, 3.63) is 23.3 Å². The van der Waals surface area contributed by atoms with Crippen LogP contribution in [0.2, 0.25) is 0 Å². The van der Waals surface area contributed by atoms with Crippen LogP contribution in [0.15, 0.2) is 23.3 Å². The molecule has 0 nitrogen and oxygen atoms in total. The second-order valence-corrected chi connectivity index (χ2v) is 6.34. The van der Waals surface area contributed by atoms with Gasteiger partial charge < -0.3 is 0 Å². The third kappa shape index (κ3) is 2.11. The van der Waals surface area contributed by atoms with Crippen LogP contribution >= 0.6 is 0 Å². The standard InChI is InChI=1S/C17H28/c1-5-7-11-17(6-2)12-15(13(3)4)14-9-8-10-16(14)17/h8,10,13,15H,5-7,9,11-12H2,1-4H3. The van der Waals surface area contributed by atoms with Gasteiger partial charge in [-0.05, 0) is 48.5 Å². The molecule has 2 rings (SSSR count). The number of unbranched alkanes of at least 4 members (excludes halogenated alkanes) is 1. The van der Waals surface area contributed by atoms with Crippen LogP contribution in [-0.4, -0.2) is 0 Å². The Kier molecular flexibility index (Phi) is 3.80. The quantitative estimate of drug-likeness (QED) is 0.586. The van der Waals surface area contributed by atoms with Crippen molar-refractivity contribution in [2.24, 2.45) is 17.3 Å². The zero-order valence-electron chi connectivity index (χ0n) is 12.1. The lowest BCUT2D eigenvalue weighted by molar-refractivity contribution is 0.254. The SMILES string of the molecule is CCCCC1(CC)CC(C(C)C)C2=C1C=CC2. The Labute approximate surface area is 107 Å². The maximum absolute atomic E-state index is 2.46. The third-order valence-electron chi connectivity index (χ3n) is 5.09. The van der Waals surface area contributed by atoms with E-state index in [1.54, 1.807) is 11.1 Å². The van der Waals surface area contributed by atoms with Crippen molar-refractivity contribution in [1.82, 2.24) is 0 Å². The number of rotatable bonds is 5. The minimum Gasteiger partial charge on any atom is -0.0801 e. The number of hydrogen-bond donors (Lipinski definition) is 0. The Morgan fingerprint density at radius 3 is 2.71 bits per heavy atom. The lowest BCUT2D eigenvalue weighted by Gasteiger charge is -2.32. The van der Waals surface area contributed by atoms with Crippen LogP contribution in [-0.2, 0) is 0 Å². The highest BCUT2D eigenvalue weighted by Gasteiger charge is 2.44. The second kappa shape index (κ2) is 5.00. The molecule has 0 aromatic rings. The fourth-order valence-corrected chi connectivity index (χ4v) is 3.94. The largest absolute Gasteiger partial charge is 0.0801 e. The van der Waals surface area contributed by atoms with Crippen molar-refractivity contribution >= 4 is 0 Å². The van der Waals surface area contributed by atoms with Gasteiger partial charge >= 0.3 is 0 Å². The molecule has 0 aromatic heterocycles. The van der Waals surface area contributed by atoms with E-state index >= 15 is 0 Å². The maximum Gasteiger partial charge on any atom is -0.00441 e. The lowest BCUT2D eigenvalue weighted by Crippen LogP contribution is -2.21. The molecule has 0 heteroatoms. The highest BCUT2D eigenvalue weighted by Crippen LogP contribution is 2.56. The summed E-state index contributed by atoms with van der Waals surface area (Å²) in [6, 6.07) is 0. The highest BCUT2D eigenvalue weighted by molar-refractivity contribution is 5.44. The van der Waals surface area contributed by atoms with Crippen LogP contribution in [0.1, 0.15) is 66.2 Å². The summed E-state index contributed by atoms with van der Waals surface area (Å²) in [5, 5.41) is 0. The normalized spacial score (nSPS) is 31.7. The van der Waals surface area contributed by atoms with E-state index in [0.717, 1.165) is 11.8 Å². The fourth-order valence-electron chi connectivity index (χ4n) is 3.94. The Morgan fingerprint density at radius 1 is 1.35 bits per heavy atom. The predicted molar refractivity (Wildman–Crippen MR) is 76.0 cm³/mol. The van der Waals surface area contributed by atoms with Crippen molar-refractivity contribution in [1.29, 1.82) is 0 Å². The van der Waals surface area contributed by atoms with Gasteiger partial charge in [-0.3, -0.25) is 0 Å². The first-order valence-electron chi connectivity index (χ1n) is 7.54. The molecule has 2 atom stereocenters. The zero-order valence-corrected chi connectivity index (χ0v) is 12.1. The topological polar surface area (TPSA) is 0 Å². The van der Waals surface area contributed by atoms with E-state index in [9.17, 15) is 0 Å². The molecule has 2 unspecified atom stereocenters. The smallest absolute Gasteiger partial charge is 0.00441 e. The van der Waals surface area contributed by atoms with E-state index in [0.29, 0.717) is 5.41 Å².